The number of carbonyl (C=O) groups excluding carboxylic acids is 3. The molecule has 7 nitrogen and oxygen atoms in total. The first-order valence-electron chi connectivity index (χ1n) is 9.55. The van der Waals surface area contributed by atoms with Gasteiger partial charge in [0, 0.05) is 32.2 Å². The summed E-state index contributed by atoms with van der Waals surface area (Å²) in [6.45, 7) is 13.7. The molecule has 0 spiro atoms. The van der Waals surface area contributed by atoms with Crippen LogP contribution in [0.25, 0.3) is 0 Å². The summed E-state index contributed by atoms with van der Waals surface area (Å²) in [7, 11) is 0. The minimum atomic E-state index is -1.44. The number of hydrogen-bond donors (Lipinski definition) is 0. The Bertz CT molecular complexity index is 686. The summed E-state index contributed by atoms with van der Waals surface area (Å²) in [6.07, 6.45) is 3.61. The van der Waals surface area contributed by atoms with Crippen molar-refractivity contribution in [1.29, 1.82) is 0 Å². The van der Waals surface area contributed by atoms with Crippen LogP contribution in [-0.2, 0) is 30.4 Å². The first-order chi connectivity index (χ1) is 13.9. The summed E-state index contributed by atoms with van der Waals surface area (Å²) in [4.78, 5) is 40.2. The number of benzene rings is 1. The van der Waals surface area contributed by atoms with Gasteiger partial charge in [0.1, 0.15) is 0 Å². The summed E-state index contributed by atoms with van der Waals surface area (Å²) in [5, 5.41) is 0. The Kier molecular flexibility index (Phi) is 10.2. The molecular formula is C22H30N2O5. The maximum atomic E-state index is 12.3. The predicted octanol–water partition coefficient (Wildman–Crippen LogP) is 2.71. The fourth-order valence-electron chi connectivity index (χ4n) is 2.78. The zero-order chi connectivity index (χ0) is 21.8. The predicted molar refractivity (Wildman–Crippen MR) is 112 cm³/mol. The number of ether oxygens (including phenoxy) is 2. The largest absolute Gasteiger partial charge is 0.464 e. The average molecular weight is 402 g/mol. The van der Waals surface area contributed by atoms with Crippen LogP contribution in [0.2, 0.25) is 0 Å². The molecule has 0 fully saturated rings. The van der Waals surface area contributed by atoms with Gasteiger partial charge in [0.05, 0.1) is 13.2 Å². The Hall–Kier alpha value is -3.09. The molecule has 0 unspecified atom stereocenters. The van der Waals surface area contributed by atoms with Crippen molar-refractivity contribution < 1.29 is 23.9 Å². The Morgan fingerprint density at radius 2 is 1.45 bits per heavy atom. The molecule has 1 aromatic rings. The van der Waals surface area contributed by atoms with Crippen LogP contribution in [0.5, 0.6) is 0 Å². The van der Waals surface area contributed by atoms with Crippen LogP contribution in [0.1, 0.15) is 26.3 Å². The quantitative estimate of drug-likeness (QED) is 0.304. The van der Waals surface area contributed by atoms with Gasteiger partial charge in [0.25, 0.3) is 0 Å². The molecule has 0 aliphatic carbocycles. The van der Waals surface area contributed by atoms with E-state index in [9.17, 15) is 14.4 Å². The molecule has 0 saturated carbocycles. The summed E-state index contributed by atoms with van der Waals surface area (Å²) >= 11 is 0. The zero-order valence-electron chi connectivity index (χ0n) is 17.4. The summed E-state index contributed by atoms with van der Waals surface area (Å²) in [5.41, 5.74) is 1.73. The summed E-state index contributed by atoms with van der Waals surface area (Å²) < 4.78 is 9.97. The van der Waals surface area contributed by atoms with Crippen molar-refractivity contribution in [3.05, 3.63) is 55.1 Å². The molecule has 0 heterocycles. The lowest BCUT2D eigenvalue weighted by Gasteiger charge is -2.28. The number of esters is 2. The van der Waals surface area contributed by atoms with E-state index in [1.54, 1.807) is 26.0 Å². The van der Waals surface area contributed by atoms with E-state index < -0.39 is 23.9 Å². The number of anilines is 1. The minimum absolute atomic E-state index is 0.0703. The van der Waals surface area contributed by atoms with E-state index >= 15 is 0 Å². The van der Waals surface area contributed by atoms with Crippen molar-refractivity contribution in [3.8, 4) is 0 Å². The SMILES string of the molecule is C=CCN(CC=C)c1ccc(CN(C(C)=O)C(C(=O)OCC)C(=O)OCC)cc1. The second kappa shape index (κ2) is 12.4. The lowest BCUT2D eigenvalue weighted by molar-refractivity contribution is -0.167. The van der Waals surface area contributed by atoms with Gasteiger partial charge in [-0.3, -0.25) is 4.79 Å². The van der Waals surface area contributed by atoms with Gasteiger partial charge in [-0.25, -0.2) is 9.59 Å². The highest BCUT2D eigenvalue weighted by molar-refractivity contribution is 6.02. The van der Waals surface area contributed by atoms with E-state index in [2.05, 4.69) is 18.1 Å². The molecule has 0 N–H and O–H groups in total. The molecule has 0 atom stereocenters. The number of rotatable bonds is 12. The van der Waals surface area contributed by atoms with E-state index in [4.69, 9.17) is 9.47 Å². The van der Waals surface area contributed by atoms with E-state index in [0.717, 1.165) is 16.2 Å². The number of amides is 1. The van der Waals surface area contributed by atoms with Crippen LogP contribution in [0.4, 0.5) is 5.69 Å². The third-order valence-electron chi connectivity index (χ3n) is 4.09. The van der Waals surface area contributed by atoms with Crippen molar-refractivity contribution in [2.24, 2.45) is 0 Å². The van der Waals surface area contributed by atoms with E-state index in [1.165, 1.54) is 6.92 Å². The molecule has 1 rings (SSSR count). The maximum Gasteiger partial charge on any atom is 0.340 e. The molecule has 158 valence electrons. The third-order valence-corrected chi connectivity index (χ3v) is 4.09. The van der Waals surface area contributed by atoms with Gasteiger partial charge in [-0.1, -0.05) is 24.3 Å². The average Bonchev–Trinajstić information content (AvgIpc) is 2.68. The van der Waals surface area contributed by atoms with Crippen LogP contribution in [0, 0.1) is 0 Å². The van der Waals surface area contributed by atoms with Crippen LogP contribution in [0.3, 0.4) is 0 Å². The molecule has 0 radical (unpaired) electrons. The second-order valence-electron chi connectivity index (χ2n) is 6.20. The first kappa shape index (κ1) is 23.9. The topological polar surface area (TPSA) is 76.2 Å². The van der Waals surface area contributed by atoms with E-state index in [1.807, 2.05) is 24.3 Å². The summed E-state index contributed by atoms with van der Waals surface area (Å²) in [5.74, 6) is -2.04. The van der Waals surface area contributed by atoms with Gasteiger partial charge in [-0.2, -0.15) is 0 Å². The van der Waals surface area contributed by atoms with Gasteiger partial charge < -0.3 is 19.3 Å². The Balaban J connectivity index is 3.10. The van der Waals surface area contributed by atoms with Crippen molar-refractivity contribution in [3.63, 3.8) is 0 Å². The minimum Gasteiger partial charge on any atom is -0.464 e. The lowest BCUT2D eigenvalue weighted by Crippen LogP contribution is -2.50. The molecule has 0 aliphatic heterocycles. The molecule has 1 aromatic carbocycles. The maximum absolute atomic E-state index is 12.3. The van der Waals surface area contributed by atoms with E-state index in [0.29, 0.717) is 13.1 Å². The molecule has 29 heavy (non-hydrogen) atoms. The Morgan fingerprint density at radius 1 is 0.966 bits per heavy atom. The Morgan fingerprint density at radius 3 is 1.83 bits per heavy atom. The molecule has 0 aliphatic rings. The molecule has 0 bridgehead atoms. The van der Waals surface area contributed by atoms with Gasteiger partial charge in [0.15, 0.2) is 0 Å². The standard InChI is InChI=1S/C22H30N2O5/c1-6-14-23(15-7-2)19-12-10-18(11-13-19)16-24(17(5)25)20(21(26)28-8-3)22(27)29-9-4/h6-7,10-13,20H,1-2,8-9,14-16H2,3-5H3. The molecule has 0 aromatic heterocycles. The fraction of sp³-hybridized carbons (Fsp3) is 0.409. The number of nitrogens with zero attached hydrogens (tertiary/aromatic N) is 2. The molecule has 7 heteroatoms. The highest BCUT2D eigenvalue weighted by Gasteiger charge is 2.37. The number of carbonyl (C=O) groups is 3. The van der Waals surface area contributed by atoms with Crippen LogP contribution in [0.15, 0.2) is 49.6 Å². The molecule has 0 saturated heterocycles. The van der Waals surface area contributed by atoms with Gasteiger partial charge in [0.2, 0.25) is 11.9 Å². The van der Waals surface area contributed by atoms with Crippen molar-refractivity contribution in [2.75, 3.05) is 31.2 Å². The smallest absolute Gasteiger partial charge is 0.340 e. The molecular weight excluding hydrogens is 372 g/mol. The zero-order valence-corrected chi connectivity index (χ0v) is 17.4. The van der Waals surface area contributed by atoms with Crippen molar-refractivity contribution >= 4 is 23.5 Å². The van der Waals surface area contributed by atoms with Gasteiger partial charge >= 0.3 is 11.9 Å². The Labute approximate surface area is 172 Å². The van der Waals surface area contributed by atoms with E-state index in [-0.39, 0.29) is 19.8 Å². The van der Waals surface area contributed by atoms with Gasteiger partial charge in [-0.15, -0.1) is 13.2 Å². The lowest BCUT2D eigenvalue weighted by atomic mass is 10.1. The van der Waals surface area contributed by atoms with Crippen LogP contribution >= 0.6 is 0 Å². The fourth-order valence-corrected chi connectivity index (χ4v) is 2.78. The number of hydrogen-bond acceptors (Lipinski definition) is 6. The second-order valence-corrected chi connectivity index (χ2v) is 6.20. The van der Waals surface area contributed by atoms with Crippen LogP contribution in [-0.4, -0.2) is 55.1 Å². The highest BCUT2D eigenvalue weighted by atomic mass is 16.6. The highest BCUT2D eigenvalue weighted by Crippen LogP contribution is 2.18. The molecule has 1 amide bonds. The monoisotopic (exact) mass is 402 g/mol. The summed E-state index contributed by atoms with van der Waals surface area (Å²) in [6, 6.07) is 6.06. The van der Waals surface area contributed by atoms with Crippen LogP contribution < -0.4 is 4.90 Å². The normalized spacial score (nSPS) is 10.2. The third kappa shape index (κ3) is 7.10. The van der Waals surface area contributed by atoms with Crippen molar-refractivity contribution in [1.82, 2.24) is 4.90 Å². The first-order valence-corrected chi connectivity index (χ1v) is 9.55. The van der Waals surface area contributed by atoms with Crippen molar-refractivity contribution in [2.45, 2.75) is 33.4 Å². The van der Waals surface area contributed by atoms with Gasteiger partial charge in [-0.05, 0) is 31.5 Å².